The molecule has 150 valence electrons. The monoisotopic (exact) mass is 485 g/mol. The summed E-state index contributed by atoms with van der Waals surface area (Å²) in [6.45, 7) is 8.87. The number of aryl methyl sites for hydroxylation is 2. The molecule has 1 heterocycles. The molecule has 1 unspecified atom stereocenters. The van der Waals surface area contributed by atoms with Crippen LogP contribution < -0.4 is 15.4 Å². The van der Waals surface area contributed by atoms with Crippen molar-refractivity contribution in [1.29, 1.82) is 0 Å². The first kappa shape index (κ1) is 23.3. The van der Waals surface area contributed by atoms with Crippen LogP contribution in [0.5, 0.6) is 5.75 Å². The Hall–Kier alpha value is -1.77. The minimum absolute atomic E-state index is 0. The topological polar surface area (TPSA) is 63.5 Å². The minimum Gasteiger partial charge on any atom is -0.496 e. The van der Waals surface area contributed by atoms with Gasteiger partial charge in [0.1, 0.15) is 5.75 Å². The molecule has 2 aromatic rings. The summed E-state index contributed by atoms with van der Waals surface area (Å²) in [5.41, 5.74) is 3.46. The number of para-hydroxylation sites is 1. The van der Waals surface area contributed by atoms with Crippen LogP contribution in [0.4, 0.5) is 0 Å². The Morgan fingerprint density at radius 1 is 1.26 bits per heavy atom. The molecule has 0 fully saturated rings. The molecule has 0 radical (unpaired) electrons. The Morgan fingerprint density at radius 2 is 2.00 bits per heavy atom. The lowest BCUT2D eigenvalue weighted by Crippen LogP contribution is -2.40. The number of nitrogens with one attached hydrogen (secondary N) is 2. The van der Waals surface area contributed by atoms with Gasteiger partial charge in [-0.15, -0.1) is 24.0 Å². The lowest BCUT2D eigenvalue weighted by molar-refractivity contribution is 0.409. The molecule has 2 N–H and O–H groups in total. The standard InChI is InChI=1S/C20H31N5O.HI/c1-15(14-25-17(3)12-16(2)24-25)13-23-20(21-4)22-11-10-18-8-6-7-9-19(18)26-5;/h6-9,12,15H,10-11,13-14H2,1-5H3,(H2,21,22,23);1H. The lowest BCUT2D eigenvalue weighted by Gasteiger charge is -2.17. The number of hydrogen-bond donors (Lipinski definition) is 2. The van der Waals surface area contributed by atoms with Gasteiger partial charge in [-0.3, -0.25) is 9.67 Å². The summed E-state index contributed by atoms with van der Waals surface area (Å²) in [6.07, 6.45) is 0.881. The van der Waals surface area contributed by atoms with Crippen molar-refractivity contribution < 1.29 is 4.74 Å². The zero-order chi connectivity index (χ0) is 18.9. The van der Waals surface area contributed by atoms with Gasteiger partial charge >= 0.3 is 0 Å². The van der Waals surface area contributed by atoms with Crippen molar-refractivity contribution in [2.24, 2.45) is 10.9 Å². The van der Waals surface area contributed by atoms with Gasteiger partial charge in [-0.2, -0.15) is 5.10 Å². The fourth-order valence-corrected chi connectivity index (χ4v) is 2.94. The SMILES string of the molecule is CN=C(NCCc1ccccc1OC)NCC(C)Cn1nc(C)cc1C.I. The van der Waals surface area contributed by atoms with E-state index < -0.39 is 0 Å². The van der Waals surface area contributed by atoms with Crippen molar-refractivity contribution in [1.82, 2.24) is 20.4 Å². The maximum atomic E-state index is 5.39. The lowest BCUT2D eigenvalue weighted by atomic mass is 10.1. The smallest absolute Gasteiger partial charge is 0.190 e. The average molecular weight is 485 g/mol. The van der Waals surface area contributed by atoms with E-state index in [2.05, 4.69) is 51.4 Å². The number of benzene rings is 1. The third-order valence-electron chi connectivity index (χ3n) is 4.31. The molecule has 0 aliphatic heterocycles. The van der Waals surface area contributed by atoms with Crippen molar-refractivity contribution in [3.05, 3.63) is 47.3 Å². The van der Waals surface area contributed by atoms with Gasteiger partial charge in [0.05, 0.1) is 12.8 Å². The minimum atomic E-state index is 0. The molecule has 0 aliphatic rings. The second kappa shape index (κ2) is 11.8. The van der Waals surface area contributed by atoms with E-state index in [0.29, 0.717) is 5.92 Å². The summed E-state index contributed by atoms with van der Waals surface area (Å²) < 4.78 is 7.46. The molecule has 0 spiro atoms. The van der Waals surface area contributed by atoms with Crippen LogP contribution in [-0.4, -0.2) is 43.0 Å². The highest BCUT2D eigenvalue weighted by atomic mass is 127. The van der Waals surface area contributed by atoms with Crippen molar-refractivity contribution in [3.8, 4) is 5.75 Å². The fourth-order valence-electron chi connectivity index (χ4n) is 2.94. The molecule has 6 nitrogen and oxygen atoms in total. The Morgan fingerprint density at radius 3 is 2.63 bits per heavy atom. The highest BCUT2D eigenvalue weighted by Crippen LogP contribution is 2.17. The van der Waals surface area contributed by atoms with Gasteiger partial charge < -0.3 is 15.4 Å². The van der Waals surface area contributed by atoms with E-state index in [-0.39, 0.29) is 24.0 Å². The number of halogens is 1. The Labute approximate surface area is 179 Å². The van der Waals surface area contributed by atoms with Gasteiger partial charge in [0, 0.05) is 32.4 Å². The summed E-state index contributed by atoms with van der Waals surface area (Å²) in [5, 5.41) is 11.3. The van der Waals surface area contributed by atoms with Crippen molar-refractivity contribution in [3.63, 3.8) is 0 Å². The first-order valence-corrected chi connectivity index (χ1v) is 9.11. The van der Waals surface area contributed by atoms with E-state index in [9.17, 15) is 0 Å². The molecule has 27 heavy (non-hydrogen) atoms. The number of hydrogen-bond acceptors (Lipinski definition) is 3. The first-order valence-electron chi connectivity index (χ1n) is 9.11. The summed E-state index contributed by atoms with van der Waals surface area (Å²) in [4.78, 5) is 4.30. The third kappa shape index (κ3) is 7.40. The van der Waals surface area contributed by atoms with Crippen LogP contribution in [0.2, 0.25) is 0 Å². The van der Waals surface area contributed by atoms with Crippen molar-refractivity contribution in [2.45, 2.75) is 33.7 Å². The maximum absolute atomic E-state index is 5.39. The summed E-state index contributed by atoms with van der Waals surface area (Å²) in [5.74, 6) is 2.19. The predicted molar refractivity (Wildman–Crippen MR) is 122 cm³/mol. The highest BCUT2D eigenvalue weighted by molar-refractivity contribution is 14.0. The zero-order valence-corrected chi connectivity index (χ0v) is 19.3. The second-order valence-corrected chi connectivity index (χ2v) is 6.66. The van der Waals surface area contributed by atoms with E-state index in [4.69, 9.17) is 4.74 Å². The largest absolute Gasteiger partial charge is 0.496 e. The maximum Gasteiger partial charge on any atom is 0.190 e. The van der Waals surface area contributed by atoms with Gasteiger partial charge in [-0.1, -0.05) is 25.1 Å². The van der Waals surface area contributed by atoms with E-state index >= 15 is 0 Å². The molecule has 1 aromatic heterocycles. The van der Waals surface area contributed by atoms with Gasteiger partial charge in [0.2, 0.25) is 0 Å². The summed E-state index contributed by atoms with van der Waals surface area (Å²) >= 11 is 0. The number of ether oxygens (including phenoxy) is 1. The molecular formula is C20H32IN5O. The van der Waals surface area contributed by atoms with Crippen LogP contribution in [0.1, 0.15) is 23.9 Å². The molecule has 2 rings (SSSR count). The summed E-state index contributed by atoms with van der Waals surface area (Å²) in [6, 6.07) is 10.2. The van der Waals surface area contributed by atoms with Crippen LogP contribution in [0.15, 0.2) is 35.3 Å². The molecule has 0 saturated carbocycles. The van der Waals surface area contributed by atoms with Gasteiger partial charge in [-0.25, -0.2) is 0 Å². The molecule has 0 amide bonds. The molecule has 1 aromatic carbocycles. The molecule has 7 heteroatoms. The number of rotatable bonds is 8. The Kier molecular flexibility index (Phi) is 10.2. The normalized spacial score (nSPS) is 12.3. The van der Waals surface area contributed by atoms with Crippen LogP contribution >= 0.6 is 24.0 Å². The molecule has 0 bridgehead atoms. The molecule has 0 aliphatic carbocycles. The third-order valence-corrected chi connectivity index (χ3v) is 4.31. The Balaban J connectivity index is 0.00000364. The summed E-state index contributed by atoms with van der Waals surface area (Å²) in [7, 11) is 3.50. The number of guanidine groups is 1. The van der Waals surface area contributed by atoms with Crippen molar-refractivity contribution >= 4 is 29.9 Å². The van der Waals surface area contributed by atoms with E-state index in [0.717, 1.165) is 43.5 Å². The van der Waals surface area contributed by atoms with Gasteiger partial charge in [0.25, 0.3) is 0 Å². The van der Waals surface area contributed by atoms with E-state index in [1.54, 1.807) is 14.2 Å². The van der Waals surface area contributed by atoms with Crippen LogP contribution in [0.3, 0.4) is 0 Å². The Bertz CT molecular complexity index is 729. The molecule has 1 atom stereocenters. The van der Waals surface area contributed by atoms with Gasteiger partial charge in [0.15, 0.2) is 5.96 Å². The quantitative estimate of drug-likeness (QED) is 0.343. The van der Waals surface area contributed by atoms with Crippen LogP contribution in [0, 0.1) is 19.8 Å². The van der Waals surface area contributed by atoms with Gasteiger partial charge in [-0.05, 0) is 43.9 Å². The molecule has 0 saturated heterocycles. The number of aliphatic imine (C=N–C) groups is 1. The van der Waals surface area contributed by atoms with Crippen molar-refractivity contribution in [2.75, 3.05) is 27.2 Å². The first-order chi connectivity index (χ1) is 12.5. The van der Waals surface area contributed by atoms with E-state index in [1.807, 2.05) is 25.1 Å². The van der Waals surface area contributed by atoms with Crippen LogP contribution in [-0.2, 0) is 13.0 Å². The predicted octanol–water partition coefficient (Wildman–Crippen LogP) is 3.17. The number of aromatic nitrogens is 2. The zero-order valence-electron chi connectivity index (χ0n) is 17.0. The molecular weight excluding hydrogens is 453 g/mol. The van der Waals surface area contributed by atoms with Crippen LogP contribution in [0.25, 0.3) is 0 Å². The number of methoxy groups -OCH3 is 1. The average Bonchev–Trinajstić information content (AvgIpc) is 2.95. The second-order valence-electron chi connectivity index (χ2n) is 6.66. The highest BCUT2D eigenvalue weighted by Gasteiger charge is 2.08. The fraction of sp³-hybridized carbons (Fsp3) is 0.500. The van der Waals surface area contributed by atoms with E-state index in [1.165, 1.54) is 11.3 Å². The number of nitrogens with zero attached hydrogens (tertiary/aromatic N) is 3.